The predicted octanol–water partition coefficient (Wildman–Crippen LogP) is 4.23. The quantitative estimate of drug-likeness (QED) is 0.790. The number of rotatable bonds is 6. The lowest BCUT2D eigenvalue weighted by atomic mass is 10.1. The summed E-state index contributed by atoms with van der Waals surface area (Å²) in [5.74, 6) is -0.485. The Morgan fingerprint density at radius 3 is 2.25 bits per heavy atom. The number of carbonyl (C=O) groups is 1. The third-order valence-corrected chi connectivity index (χ3v) is 3.84. The molecule has 1 saturated carbocycles. The number of hydrogen-bond acceptors (Lipinski definition) is 2. The molecule has 0 spiro atoms. The number of carbonyl (C=O) groups excluding carboxylic acids is 1. The summed E-state index contributed by atoms with van der Waals surface area (Å²) in [6.45, 7) is -2.51. The van der Waals surface area contributed by atoms with Crippen LogP contribution in [0.15, 0.2) is 48.5 Å². The van der Waals surface area contributed by atoms with Gasteiger partial charge in [-0.05, 0) is 54.8 Å². The summed E-state index contributed by atoms with van der Waals surface area (Å²) < 4.78 is 41.6. The zero-order chi connectivity index (χ0) is 17.1. The Morgan fingerprint density at radius 1 is 1.08 bits per heavy atom. The van der Waals surface area contributed by atoms with Crippen molar-refractivity contribution < 1.29 is 22.7 Å². The van der Waals surface area contributed by atoms with Gasteiger partial charge >= 0.3 is 6.61 Å². The third kappa shape index (κ3) is 4.07. The van der Waals surface area contributed by atoms with Crippen molar-refractivity contribution in [1.82, 2.24) is 4.90 Å². The van der Waals surface area contributed by atoms with Crippen LogP contribution in [0.2, 0.25) is 0 Å². The predicted molar refractivity (Wildman–Crippen MR) is 82.4 cm³/mol. The van der Waals surface area contributed by atoms with Crippen molar-refractivity contribution >= 4 is 5.91 Å². The van der Waals surface area contributed by atoms with Gasteiger partial charge in [0.1, 0.15) is 11.6 Å². The van der Waals surface area contributed by atoms with E-state index in [2.05, 4.69) is 4.74 Å². The van der Waals surface area contributed by atoms with E-state index in [4.69, 9.17) is 0 Å². The highest BCUT2D eigenvalue weighted by Gasteiger charge is 2.33. The first-order chi connectivity index (χ1) is 11.5. The zero-order valence-corrected chi connectivity index (χ0v) is 12.8. The van der Waals surface area contributed by atoms with Crippen LogP contribution in [0.1, 0.15) is 28.8 Å². The molecule has 24 heavy (non-hydrogen) atoms. The standard InChI is InChI=1S/C18H16F3NO2/c19-14-5-1-12(2-6-14)11-22(15-7-8-15)17(23)13-3-9-16(10-4-13)24-18(20)21/h1-6,9-10,15,18H,7-8,11H2. The van der Waals surface area contributed by atoms with Crippen LogP contribution in [0.3, 0.4) is 0 Å². The second-order valence-corrected chi connectivity index (χ2v) is 5.69. The molecule has 0 aliphatic heterocycles. The second kappa shape index (κ2) is 6.95. The van der Waals surface area contributed by atoms with Crippen molar-refractivity contribution in [2.75, 3.05) is 0 Å². The van der Waals surface area contributed by atoms with Crippen LogP contribution in [0.25, 0.3) is 0 Å². The molecule has 1 aliphatic rings. The minimum absolute atomic E-state index is 0.0121. The van der Waals surface area contributed by atoms with Crippen LogP contribution in [-0.4, -0.2) is 23.5 Å². The fourth-order valence-corrected chi connectivity index (χ4v) is 2.48. The third-order valence-electron chi connectivity index (χ3n) is 3.84. The van der Waals surface area contributed by atoms with Gasteiger partial charge in [-0.15, -0.1) is 0 Å². The van der Waals surface area contributed by atoms with E-state index in [0.717, 1.165) is 18.4 Å². The Labute approximate surface area is 137 Å². The molecule has 0 saturated heterocycles. The highest BCUT2D eigenvalue weighted by Crippen LogP contribution is 2.30. The largest absolute Gasteiger partial charge is 0.435 e. The lowest BCUT2D eigenvalue weighted by Crippen LogP contribution is -2.32. The molecular formula is C18H16F3NO2. The molecule has 0 unspecified atom stereocenters. The van der Waals surface area contributed by atoms with Gasteiger partial charge in [-0.3, -0.25) is 4.79 Å². The van der Waals surface area contributed by atoms with E-state index in [1.165, 1.54) is 36.4 Å². The van der Waals surface area contributed by atoms with Gasteiger partial charge in [-0.2, -0.15) is 8.78 Å². The normalized spacial score (nSPS) is 13.8. The minimum atomic E-state index is -2.90. The number of amides is 1. The van der Waals surface area contributed by atoms with E-state index in [-0.39, 0.29) is 23.5 Å². The monoisotopic (exact) mass is 335 g/mol. The smallest absolute Gasteiger partial charge is 0.387 e. The Morgan fingerprint density at radius 2 is 1.71 bits per heavy atom. The van der Waals surface area contributed by atoms with Crippen LogP contribution < -0.4 is 4.74 Å². The van der Waals surface area contributed by atoms with Crippen molar-refractivity contribution in [2.24, 2.45) is 0 Å². The fourth-order valence-electron chi connectivity index (χ4n) is 2.48. The maximum absolute atomic E-state index is 13.0. The van der Waals surface area contributed by atoms with Crippen LogP contribution in [-0.2, 0) is 6.54 Å². The minimum Gasteiger partial charge on any atom is -0.435 e. The summed E-state index contributed by atoms with van der Waals surface area (Å²) in [5, 5.41) is 0. The van der Waals surface area contributed by atoms with E-state index in [1.807, 2.05) is 0 Å². The van der Waals surface area contributed by atoms with Gasteiger partial charge in [0.15, 0.2) is 0 Å². The second-order valence-electron chi connectivity index (χ2n) is 5.69. The molecule has 3 nitrogen and oxygen atoms in total. The van der Waals surface area contributed by atoms with Gasteiger partial charge in [0, 0.05) is 18.2 Å². The fraction of sp³-hybridized carbons (Fsp3) is 0.278. The summed E-state index contributed by atoms with van der Waals surface area (Å²) in [6.07, 6.45) is 1.86. The Bertz CT molecular complexity index is 697. The molecule has 1 aliphatic carbocycles. The SMILES string of the molecule is O=C(c1ccc(OC(F)F)cc1)N(Cc1ccc(F)cc1)C1CC1. The molecule has 2 aromatic rings. The number of halogens is 3. The Hall–Kier alpha value is -2.50. The molecule has 0 N–H and O–H groups in total. The number of hydrogen-bond donors (Lipinski definition) is 0. The maximum Gasteiger partial charge on any atom is 0.387 e. The van der Waals surface area contributed by atoms with Crippen molar-refractivity contribution in [3.05, 3.63) is 65.5 Å². The molecule has 1 amide bonds. The first kappa shape index (κ1) is 16.4. The first-order valence-electron chi connectivity index (χ1n) is 7.63. The molecule has 1 fully saturated rings. The Balaban J connectivity index is 1.73. The van der Waals surface area contributed by atoms with Gasteiger partial charge in [0.25, 0.3) is 5.91 Å². The lowest BCUT2D eigenvalue weighted by molar-refractivity contribution is -0.0498. The average molecular weight is 335 g/mol. The van der Waals surface area contributed by atoms with Gasteiger partial charge in [0.2, 0.25) is 0 Å². The van der Waals surface area contributed by atoms with Gasteiger partial charge in [-0.25, -0.2) is 4.39 Å². The molecule has 2 aromatic carbocycles. The average Bonchev–Trinajstić information content (AvgIpc) is 3.39. The van der Waals surface area contributed by atoms with Crippen molar-refractivity contribution in [3.8, 4) is 5.75 Å². The molecule has 0 radical (unpaired) electrons. The molecule has 0 aromatic heterocycles. The van der Waals surface area contributed by atoms with Crippen molar-refractivity contribution in [3.63, 3.8) is 0 Å². The molecule has 126 valence electrons. The summed E-state index contributed by atoms with van der Waals surface area (Å²) in [7, 11) is 0. The maximum atomic E-state index is 13.0. The highest BCUT2D eigenvalue weighted by molar-refractivity contribution is 5.94. The number of nitrogens with zero attached hydrogens (tertiary/aromatic N) is 1. The summed E-state index contributed by atoms with van der Waals surface area (Å²) in [4.78, 5) is 14.4. The first-order valence-corrected chi connectivity index (χ1v) is 7.63. The van der Waals surface area contributed by atoms with E-state index in [1.54, 1.807) is 17.0 Å². The van der Waals surface area contributed by atoms with Crippen LogP contribution in [0.4, 0.5) is 13.2 Å². The van der Waals surface area contributed by atoms with E-state index in [0.29, 0.717) is 12.1 Å². The zero-order valence-electron chi connectivity index (χ0n) is 12.8. The van der Waals surface area contributed by atoms with Crippen LogP contribution in [0.5, 0.6) is 5.75 Å². The molecule has 6 heteroatoms. The van der Waals surface area contributed by atoms with Gasteiger partial charge in [0.05, 0.1) is 0 Å². The molecule has 0 heterocycles. The van der Waals surface area contributed by atoms with Gasteiger partial charge in [-0.1, -0.05) is 12.1 Å². The van der Waals surface area contributed by atoms with E-state index in [9.17, 15) is 18.0 Å². The number of benzene rings is 2. The van der Waals surface area contributed by atoms with Crippen molar-refractivity contribution in [1.29, 1.82) is 0 Å². The topological polar surface area (TPSA) is 29.5 Å². The number of ether oxygens (including phenoxy) is 1. The Kier molecular flexibility index (Phi) is 4.74. The van der Waals surface area contributed by atoms with E-state index >= 15 is 0 Å². The summed E-state index contributed by atoms with van der Waals surface area (Å²) in [6, 6.07) is 11.8. The lowest BCUT2D eigenvalue weighted by Gasteiger charge is -2.23. The summed E-state index contributed by atoms with van der Waals surface area (Å²) in [5.41, 5.74) is 1.25. The van der Waals surface area contributed by atoms with Crippen LogP contribution >= 0.6 is 0 Å². The highest BCUT2D eigenvalue weighted by atomic mass is 19.3. The molecule has 3 rings (SSSR count). The molecule has 0 atom stereocenters. The molecule has 0 bridgehead atoms. The van der Waals surface area contributed by atoms with E-state index < -0.39 is 6.61 Å². The van der Waals surface area contributed by atoms with Gasteiger partial charge < -0.3 is 9.64 Å². The number of alkyl halides is 2. The molecular weight excluding hydrogens is 319 g/mol. The van der Waals surface area contributed by atoms with Crippen LogP contribution in [0, 0.1) is 5.82 Å². The van der Waals surface area contributed by atoms with Crippen molar-refractivity contribution in [2.45, 2.75) is 32.0 Å². The summed E-state index contributed by atoms with van der Waals surface area (Å²) >= 11 is 0.